The summed E-state index contributed by atoms with van der Waals surface area (Å²) in [4.78, 5) is 2.93. The Hall–Kier alpha value is -0.730. The molecule has 0 amide bonds. The third kappa shape index (κ3) is 1.23. The van der Waals surface area contributed by atoms with Gasteiger partial charge in [0.1, 0.15) is 0 Å². The van der Waals surface area contributed by atoms with Crippen molar-refractivity contribution in [1.29, 1.82) is 0 Å². The predicted molar refractivity (Wildman–Crippen MR) is 42.9 cm³/mol. The standard InChI is InChI=1S/C7H9ClN2/c1-2-6(9)7-5(8)3-4-10-7/h2-4,6,10H,1,9H2. The Morgan fingerprint density at radius 2 is 2.50 bits per heavy atom. The number of H-pyrrole nitrogens is 1. The van der Waals surface area contributed by atoms with Crippen LogP contribution in [0.4, 0.5) is 0 Å². The molecule has 0 saturated heterocycles. The van der Waals surface area contributed by atoms with E-state index in [0.29, 0.717) is 5.02 Å². The maximum absolute atomic E-state index is 5.75. The molecule has 0 radical (unpaired) electrons. The zero-order valence-corrected chi connectivity index (χ0v) is 6.23. The number of aromatic nitrogens is 1. The average Bonchev–Trinajstić information content (AvgIpc) is 2.34. The van der Waals surface area contributed by atoms with Gasteiger partial charge in [0.15, 0.2) is 0 Å². The van der Waals surface area contributed by atoms with Crippen LogP contribution in [-0.2, 0) is 0 Å². The number of nitrogens with one attached hydrogen (secondary N) is 1. The molecule has 2 nitrogen and oxygen atoms in total. The SMILES string of the molecule is C=CC(N)c1[nH]ccc1Cl. The first-order chi connectivity index (χ1) is 4.75. The molecule has 0 spiro atoms. The van der Waals surface area contributed by atoms with Crippen molar-refractivity contribution in [2.75, 3.05) is 0 Å². The maximum atomic E-state index is 5.75. The second kappa shape index (κ2) is 2.90. The van der Waals surface area contributed by atoms with Gasteiger partial charge in [0, 0.05) is 6.20 Å². The van der Waals surface area contributed by atoms with Crippen LogP contribution in [0.5, 0.6) is 0 Å². The van der Waals surface area contributed by atoms with Crippen molar-refractivity contribution in [3.8, 4) is 0 Å². The van der Waals surface area contributed by atoms with Gasteiger partial charge in [-0.15, -0.1) is 6.58 Å². The van der Waals surface area contributed by atoms with Gasteiger partial charge < -0.3 is 10.7 Å². The molecule has 0 aliphatic heterocycles. The molecule has 0 fully saturated rings. The Bertz CT molecular complexity index is 229. The Labute approximate surface area is 64.7 Å². The van der Waals surface area contributed by atoms with E-state index in [1.807, 2.05) is 0 Å². The van der Waals surface area contributed by atoms with Gasteiger partial charge in [0.2, 0.25) is 0 Å². The lowest BCUT2D eigenvalue weighted by molar-refractivity contribution is 0.876. The third-order valence-corrected chi connectivity index (χ3v) is 1.64. The molecule has 0 aromatic carbocycles. The Morgan fingerprint density at radius 1 is 1.80 bits per heavy atom. The van der Waals surface area contributed by atoms with Crippen molar-refractivity contribution < 1.29 is 0 Å². The minimum absolute atomic E-state index is 0.192. The fraction of sp³-hybridized carbons (Fsp3) is 0.143. The fourth-order valence-corrected chi connectivity index (χ4v) is 0.980. The highest BCUT2D eigenvalue weighted by molar-refractivity contribution is 6.31. The quantitative estimate of drug-likeness (QED) is 0.631. The van der Waals surface area contributed by atoms with Crippen molar-refractivity contribution in [2.24, 2.45) is 5.73 Å². The molecule has 1 atom stereocenters. The number of aromatic amines is 1. The Morgan fingerprint density at radius 3 is 2.90 bits per heavy atom. The van der Waals surface area contributed by atoms with Gasteiger partial charge in [-0.1, -0.05) is 17.7 Å². The zero-order valence-electron chi connectivity index (χ0n) is 5.47. The summed E-state index contributed by atoms with van der Waals surface area (Å²) in [6.07, 6.45) is 3.39. The number of nitrogens with two attached hydrogens (primary N) is 1. The van der Waals surface area contributed by atoms with Gasteiger partial charge in [-0.3, -0.25) is 0 Å². The van der Waals surface area contributed by atoms with E-state index in [4.69, 9.17) is 17.3 Å². The molecule has 0 aliphatic carbocycles. The molecule has 0 saturated carbocycles. The van der Waals surface area contributed by atoms with Crippen LogP contribution < -0.4 is 5.73 Å². The summed E-state index contributed by atoms with van der Waals surface area (Å²) in [6, 6.07) is 1.57. The monoisotopic (exact) mass is 156 g/mol. The number of halogens is 1. The molecule has 54 valence electrons. The van der Waals surface area contributed by atoms with Crippen molar-refractivity contribution in [1.82, 2.24) is 4.98 Å². The fourth-order valence-electron chi connectivity index (χ4n) is 0.737. The summed E-state index contributed by atoms with van der Waals surface area (Å²) in [6.45, 7) is 3.55. The van der Waals surface area contributed by atoms with Gasteiger partial charge in [-0.05, 0) is 6.07 Å². The van der Waals surface area contributed by atoms with Crippen molar-refractivity contribution in [3.63, 3.8) is 0 Å². The van der Waals surface area contributed by atoms with Crippen LogP contribution in [0, 0.1) is 0 Å². The third-order valence-electron chi connectivity index (χ3n) is 1.31. The Balaban J connectivity index is 2.92. The summed E-state index contributed by atoms with van der Waals surface area (Å²) in [5.41, 5.74) is 6.42. The molecule has 1 heterocycles. The molecule has 10 heavy (non-hydrogen) atoms. The summed E-state index contributed by atoms with van der Waals surface area (Å²) < 4.78 is 0. The first-order valence-electron chi connectivity index (χ1n) is 2.96. The molecule has 1 unspecified atom stereocenters. The van der Waals surface area contributed by atoms with E-state index < -0.39 is 0 Å². The van der Waals surface area contributed by atoms with Gasteiger partial charge in [0.25, 0.3) is 0 Å². The highest BCUT2D eigenvalue weighted by Crippen LogP contribution is 2.19. The molecule has 0 aliphatic rings. The maximum Gasteiger partial charge on any atom is 0.0646 e. The molecule has 1 rings (SSSR count). The van der Waals surface area contributed by atoms with Crippen LogP contribution >= 0.6 is 11.6 Å². The van der Waals surface area contributed by atoms with Crippen LogP contribution in [0.3, 0.4) is 0 Å². The molecule has 1 aromatic heterocycles. The highest BCUT2D eigenvalue weighted by atomic mass is 35.5. The van der Waals surface area contributed by atoms with Gasteiger partial charge in [0.05, 0.1) is 16.8 Å². The predicted octanol–water partition coefficient (Wildman–Crippen LogP) is 1.85. The first-order valence-corrected chi connectivity index (χ1v) is 3.34. The smallest absolute Gasteiger partial charge is 0.0646 e. The van der Waals surface area contributed by atoms with Crippen LogP contribution in [0.25, 0.3) is 0 Å². The van der Waals surface area contributed by atoms with E-state index in [0.717, 1.165) is 5.69 Å². The van der Waals surface area contributed by atoms with Crippen molar-refractivity contribution in [2.45, 2.75) is 6.04 Å². The molecule has 0 bridgehead atoms. The second-order valence-corrected chi connectivity index (χ2v) is 2.41. The van der Waals surface area contributed by atoms with E-state index in [-0.39, 0.29) is 6.04 Å². The van der Waals surface area contributed by atoms with Gasteiger partial charge in [-0.2, -0.15) is 0 Å². The summed E-state index contributed by atoms with van der Waals surface area (Å²) in [5, 5.41) is 0.660. The van der Waals surface area contributed by atoms with E-state index >= 15 is 0 Å². The summed E-state index contributed by atoms with van der Waals surface area (Å²) >= 11 is 5.75. The van der Waals surface area contributed by atoms with Gasteiger partial charge >= 0.3 is 0 Å². The highest BCUT2D eigenvalue weighted by Gasteiger charge is 2.05. The van der Waals surface area contributed by atoms with Crippen LogP contribution in [0.1, 0.15) is 11.7 Å². The lowest BCUT2D eigenvalue weighted by Crippen LogP contribution is -2.06. The van der Waals surface area contributed by atoms with Crippen molar-refractivity contribution in [3.05, 3.63) is 35.6 Å². The van der Waals surface area contributed by atoms with E-state index in [9.17, 15) is 0 Å². The van der Waals surface area contributed by atoms with Crippen LogP contribution in [-0.4, -0.2) is 4.98 Å². The van der Waals surface area contributed by atoms with Crippen molar-refractivity contribution >= 4 is 11.6 Å². The lowest BCUT2D eigenvalue weighted by atomic mass is 10.2. The normalized spacial score (nSPS) is 13.0. The number of rotatable bonds is 2. The van der Waals surface area contributed by atoms with E-state index in [2.05, 4.69) is 11.6 Å². The largest absolute Gasteiger partial charge is 0.362 e. The molecule has 3 N–H and O–H groups in total. The number of hydrogen-bond acceptors (Lipinski definition) is 1. The lowest BCUT2D eigenvalue weighted by Gasteiger charge is -2.02. The molecular formula is C7H9ClN2. The summed E-state index contributed by atoms with van der Waals surface area (Å²) in [5.74, 6) is 0. The molecule has 3 heteroatoms. The number of hydrogen-bond donors (Lipinski definition) is 2. The average molecular weight is 157 g/mol. The first kappa shape index (κ1) is 7.38. The minimum atomic E-state index is -0.192. The minimum Gasteiger partial charge on any atom is -0.362 e. The van der Waals surface area contributed by atoms with Crippen LogP contribution in [0.2, 0.25) is 5.02 Å². The molecule has 1 aromatic rings. The van der Waals surface area contributed by atoms with Crippen LogP contribution in [0.15, 0.2) is 24.9 Å². The molecular weight excluding hydrogens is 148 g/mol. The Kier molecular flexibility index (Phi) is 2.14. The van der Waals surface area contributed by atoms with Gasteiger partial charge in [-0.25, -0.2) is 0 Å². The topological polar surface area (TPSA) is 41.8 Å². The van der Waals surface area contributed by atoms with E-state index in [1.54, 1.807) is 18.3 Å². The second-order valence-electron chi connectivity index (χ2n) is 2.00. The zero-order chi connectivity index (χ0) is 7.56. The summed E-state index contributed by atoms with van der Waals surface area (Å²) in [7, 11) is 0. The van der Waals surface area contributed by atoms with E-state index in [1.165, 1.54) is 0 Å².